The highest BCUT2D eigenvalue weighted by Gasteiger charge is 2.48. The molecule has 0 radical (unpaired) electrons. The summed E-state index contributed by atoms with van der Waals surface area (Å²) in [5.74, 6) is 0. The SMILES string of the molecule is C=CC12CCC(c3ccc(C)cc3)(CC1)CO2. The summed E-state index contributed by atoms with van der Waals surface area (Å²) >= 11 is 0. The van der Waals surface area contributed by atoms with Crippen molar-refractivity contribution in [1.82, 2.24) is 0 Å². The van der Waals surface area contributed by atoms with Crippen LogP contribution in [0.4, 0.5) is 0 Å². The summed E-state index contributed by atoms with van der Waals surface area (Å²) < 4.78 is 6.08. The van der Waals surface area contributed by atoms with E-state index in [-0.39, 0.29) is 11.0 Å². The molecule has 0 N–H and O–H groups in total. The lowest BCUT2D eigenvalue weighted by Gasteiger charge is -2.52. The molecule has 2 aliphatic heterocycles. The van der Waals surface area contributed by atoms with Gasteiger partial charge in [0.05, 0.1) is 12.2 Å². The van der Waals surface area contributed by atoms with E-state index in [4.69, 9.17) is 4.74 Å². The number of hydrogen-bond donors (Lipinski definition) is 0. The molecule has 0 amide bonds. The number of benzene rings is 1. The zero-order valence-corrected chi connectivity index (χ0v) is 10.5. The molecule has 4 rings (SSSR count). The molecule has 0 atom stereocenters. The van der Waals surface area contributed by atoms with Crippen molar-refractivity contribution in [2.24, 2.45) is 0 Å². The van der Waals surface area contributed by atoms with E-state index in [0.29, 0.717) is 0 Å². The first-order chi connectivity index (χ1) is 8.18. The Morgan fingerprint density at radius 2 is 1.76 bits per heavy atom. The smallest absolute Gasteiger partial charge is 0.0860 e. The second-order valence-corrected chi connectivity index (χ2v) is 5.70. The molecule has 1 heteroatoms. The van der Waals surface area contributed by atoms with Gasteiger partial charge in [-0.3, -0.25) is 0 Å². The molecule has 3 fully saturated rings. The van der Waals surface area contributed by atoms with Crippen LogP contribution in [0.5, 0.6) is 0 Å². The van der Waals surface area contributed by atoms with Gasteiger partial charge in [0.2, 0.25) is 0 Å². The van der Waals surface area contributed by atoms with Gasteiger partial charge in [0, 0.05) is 5.41 Å². The van der Waals surface area contributed by atoms with Gasteiger partial charge in [-0.1, -0.05) is 35.9 Å². The van der Waals surface area contributed by atoms with Crippen molar-refractivity contribution in [2.75, 3.05) is 6.61 Å². The highest BCUT2D eigenvalue weighted by molar-refractivity contribution is 5.31. The normalized spacial score (nSPS) is 35.8. The minimum absolute atomic E-state index is 0.00749. The summed E-state index contributed by atoms with van der Waals surface area (Å²) in [7, 11) is 0. The van der Waals surface area contributed by atoms with Gasteiger partial charge in [0.25, 0.3) is 0 Å². The summed E-state index contributed by atoms with van der Waals surface area (Å²) in [5.41, 5.74) is 3.06. The van der Waals surface area contributed by atoms with E-state index in [1.54, 1.807) is 0 Å². The lowest BCUT2D eigenvalue weighted by Crippen LogP contribution is -2.52. The average Bonchev–Trinajstić information content (AvgIpc) is 2.41. The second-order valence-electron chi connectivity index (χ2n) is 5.70. The third-order valence-electron chi connectivity index (χ3n) is 4.73. The molecule has 0 spiro atoms. The summed E-state index contributed by atoms with van der Waals surface area (Å²) in [6, 6.07) is 9.00. The van der Waals surface area contributed by atoms with Crippen LogP contribution in [0.25, 0.3) is 0 Å². The van der Waals surface area contributed by atoms with Gasteiger partial charge in [-0.05, 0) is 38.2 Å². The van der Waals surface area contributed by atoms with Gasteiger partial charge in [0.15, 0.2) is 0 Å². The second kappa shape index (κ2) is 3.71. The first-order valence-corrected chi connectivity index (χ1v) is 6.53. The first kappa shape index (κ1) is 11.0. The lowest BCUT2D eigenvalue weighted by molar-refractivity contribution is -0.128. The van der Waals surface area contributed by atoms with Crippen LogP contribution in [0.3, 0.4) is 0 Å². The molecule has 2 bridgehead atoms. The third kappa shape index (κ3) is 1.64. The van der Waals surface area contributed by atoms with Crippen molar-refractivity contribution in [2.45, 2.75) is 43.6 Å². The maximum absolute atomic E-state index is 6.08. The van der Waals surface area contributed by atoms with Gasteiger partial charge in [-0.15, -0.1) is 6.58 Å². The van der Waals surface area contributed by atoms with Crippen LogP contribution >= 0.6 is 0 Å². The summed E-state index contributed by atoms with van der Waals surface area (Å²) in [6.07, 6.45) is 6.75. The molecule has 90 valence electrons. The van der Waals surface area contributed by atoms with Crippen LogP contribution in [0.2, 0.25) is 0 Å². The Hall–Kier alpha value is -1.08. The molecule has 2 saturated heterocycles. The number of hydrogen-bond acceptors (Lipinski definition) is 1. The maximum atomic E-state index is 6.08. The number of ether oxygens (including phenoxy) is 1. The van der Waals surface area contributed by atoms with E-state index in [1.165, 1.54) is 24.0 Å². The zero-order valence-electron chi connectivity index (χ0n) is 10.5. The predicted octanol–water partition coefficient (Wildman–Crippen LogP) is 3.76. The van der Waals surface area contributed by atoms with Crippen LogP contribution in [0.1, 0.15) is 36.8 Å². The van der Waals surface area contributed by atoms with Crippen LogP contribution < -0.4 is 0 Å². The van der Waals surface area contributed by atoms with Crippen molar-refractivity contribution in [3.05, 3.63) is 48.0 Å². The van der Waals surface area contributed by atoms with Crippen molar-refractivity contribution in [3.8, 4) is 0 Å². The van der Waals surface area contributed by atoms with Gasteiger partial charge in [0.1, 0.15) is 0 Å². The fourth-order valence-electron chi connectivity index (χ4n) is 3.26. The van der Waals surface area contributed by atoms with E-state index in [9.17, 15) is 0 Å². The first-order valence-electron chi connectivity index (χ1n) is 6.53. The molecule has 1 aliphatic carbocycles. The Kier molecular flexibility index (Phi) is 2.41. The average molecular weight is 228 g/mol. The quantitative estimate of drug-likeness (QED) is 0.700. The lowest BCUT2D eigenvalue weighted by atomic mass is 9.63. The largest absolute Gasteiger partial charge is 0.370 e. The van der Waals surface area contributed by atoms with E-state index in [0.717, 1.165) is 19.4 Å². The van der Waals surface area contributed by atoms with Crippen LogP contribution in [0, 0.1) is 6.92 Å². The van der Waals surface area contributed by atoms with Gasteiger partial charge >= 0.3 is 0 Å². The fourth-order valence-corrected chi connectivity index (χ4v) is 3.26. The Labute approximate surface area is 103 Å². The Balaban J connectivity index is 1.90. The molecule has 2 heterocycles. The summed E-state index contributed by atoms with van der Waals surface area (Å²) in [5, 5.41) is 0. The summed E-state index contributed by atoms with van der Waals surface area (Å²) in [4.78, 5) is 0. The molecule has 1 saturated carbocycles. The Morgan fingerprint density at radius 3 is 2.24 bits per heavy atom. The molecule has 3 aliphatic rings. The number of fused-ring (bicyclic) bond motifs is 3. The van der Waals surface area contributed by atoms with E-state index in [2.05, 4.69) is 37.8 Å². The standard InChI is InChI=1S/C16H20O/c1-3-16-10-8-15(9-11-16,12-17-16)14-6-4-13(2)5-7-14/h3-7H,1,8-12H2,2H3. The molecule has 17 heavy (non-hydrogen) atoms. The topological polar surface area (TPSA) is 9.23 Å². The maximum Gasteiger partial charge on any atom is 0.0860 e. The molecule has 1 nitrogen and oxygen atoms in total. The molecular formula is C16H20O. The van der Waals surface area contributed by atoms with E-state index >= 15 is 0 Å². The summed E-state index contributed by atoms with van der Waals surface area (Å²) in [6.45, 7) is 6.94. The van der Waals surface area contributed by atoms with Crippen molar-refractivity contribution in [1.29, 1.82) is 0 Å². The zero-order chi connectivity index (χ0) is 11.9. The van der Waals surface area contributed by atoms with Gasteiger partial charge in [-0.2, -0.15) is 0 Å². The molecule has 1 aromatic rings. The molecule has 0 aromatic heterocycles. The van der Waals surface area contributed by atoms with Crippen LogP contribution in [0.15, 0.2) is 36.9 Å². The van der Waals surface area contributed by atoms with Crippen LogP contribution in [-0.2, 0) is 10.2 Å². The third-order valence-corrected chi connectivity index (χ3v) is 4.73. The Bertz CT molecular complexity index is 405. The predicted molar refractivity (Wildman–Crippen MR) is 70.2 cm³/mol. The molecule has 1 aromatic carbocycles. The molecule has 0 unspecified atom stereocenters. The number of aryl methyl sites for hydroxylation is 1. The Morgan fingerprint density at radius 1 is 1.12 bits per heavy atom. The van der Waals surface area contributed by atoms with E-state index in [1.807, 2.05) is 6.08 Å². The van der Waals surface area contributed by atoms with Crippen molar-refractivity contribution in [3.63, 3.8) is 0 Å². The van der Waals surface area contributed by atoms with Gasteiger partial charge < -0.3 is 4.74 Å². The molecular weight excluding hydrogens is 208 g/mol. The van der Waals surface area contributed by atoms with E-state index < -0.39 is 0 Å². The highest BCUT2D eigenvalue weighted by atomic mass is 16.5. The van der Waals surface area contributed by atoms with Crippen molar-refractivity contribution < 1.29 is 4.74 Å². The minimum Gasteiger partial charge on any atom is -0.370 e. The monoisotopic (exact) mass is 228 g/mol. The fraction of sp³-hybridized carbons (Fsp3) is 0.500. The van der Waals surface area contributed by atoms with Crippen molar-refractivity contribution >= 4 is 0 Å². The minimum atomic E-state index is -0.00749. The van der Waals surface area contributed by atoms with Gasteiger partial charge in [-0.25, -0.2) is 0 Å². The van der Waals surface area contributed by atoms with Crippen LogP contribution in [-0.4, -0.2) is 12.2 Å². The highest BCUT2D eigenvalue weighted by Crippen LogP contribution is 2.50. The number of rotatable bonds is 2.